The Balaban J connectivity index is 1.95. The van der Waals surface area contributed by atoms with Crippen molar-refractivity contribution in [1.82, 2.24) is 15.1 Å². The number of nitrogens with one attached hydrogen (secondary N) is 1. The number of benzene rings is 1. The van der Waals surface area contributed by atoms with E-state index in [0.717, 1.165) is 64.1 Å². The molecule has 1 fully saturated rings. The predicted molar refractivity (Wildman–Crippen MR) is 105 cm³/mol. The van der Waals surface area contributed by atoms with E-state index in [1.165, 1.54) is 0 Å². The highest BCUT2D eigenvalue weighted by atomic mass is 19.1. The fourth-order valence-corrected chi connectivity index (χ4v) is 3.70. The quantitative estimate of drug-likeness (QED) is 0.683. The molecule has 4 nitrogen and oxygen atoms in total. The first-order valence-electron chi connectivity index (χ1n) is 10.0. The van der Waals surface area contributed by atoms with Crippen LogP contribution in [0.4, 0.5) is 4.39 Å². The Labute approximate surface area is 157 Å². The first kappa shape index (κ1) is 20.8. The standard InChI is InChI=1S/C21H34FN3O/c1-4-24(21(26)17(2)3)14-8-7-11-20(25-15-12-23-13-16-25)18-9-5-6-10-19(18)22/h5-6,9-10,17,20,23H,4,7-8,11-16H2,1-3H3. The highest BCUT2D eigenvalue weighted by Gasteiger charge is 2.24. The molecule has 0 saturated carbocycles. The lowest BCUT2D eigenvalue weighted by Gasteiger charge is -2.35. The van der Waals surface area contributed by atoms with Gasteiger partial charge in [0.05, 0.1) is 0 Å². The first-order valence-corrected chi connectivity index (χ1v) is 10.0. The third-order valence-electron chi connectivity index (χ3n) is 5.20. The van der Waals surface area contributed by atoms with Gasteiger partial charge < -0.3 is 10.2 Å². The van der Waals surface area contributed by atoms with Gasteiger partial charge in [0.15, 0.2) is 0 Å². The molecule has 1 aromatic rings. The van der Waals surface area contributed by atoms with E-state index in [0.29, 0.717) is 0 Å². The van der Waals surface area contributed by atoms with Crippen LogP contribution in [0.1, 0.15) is 51.6 Å². The number of carbonyl (C=O) groups is 1. The topological polar surface area (TPSA) is 35.6 Å². The first-order chi connectivity index (χ1) is 12.5. The Bertz CT molecular complexity index is 558. The van der Waals surface area contributed by atoms with Crippen LogP contribution in [0, 0.1) is 11.7 Å². The van der Waals surface area contributed by atoms with E-state index in [1.807, 2.05) is 37.8 Å². The lowest BCUT2D eigenvalue weighted by Crippen LogP contribution is -2.45. The van der Waals surface area contributed by atoms with Crippen molar-refractivity contribution in [3.05, 3.63) is 35.6 Å². The minimum absolute atomic E-state index is 0.0435. The molecule has 0 aliphatic carbocycles. The lowest BCUT2D eigenvalue weighted by molar-refractivity contribution is -0.134. The Morgan fingerprint density at radius 1 is 1.23 bits per heavy atom. The highest BCUT2D eigenvalue weighted by Crippen LogP contribution is 2.28. The SMILES string of the molecule is CCN(CCCCC(c1ccccc1F)N1CCNCC1)C(=O)C(C)C. The van der Waals surface area contributed by atoms with Crippen LogP contribution in [0.3, 0.4) is 0 Å². The van der Waals surface area contributed by atoms with Crippen molar-refractivity contribution in [2.45, 2.75) is 46.1 Å². The largest absolute Gasteiger partial charge is 0.343 e. The second-order valence-corrected chi connectivity index (χ2v) is 7.39. The van der Waals surface area contributed by atoms with Crippen LogP contribution in [0.15, 0.2) is 24.3 Å². The van der Waals surface area contributed by atoms with Crippen LogP contribution in [-0.2, 0) is 4.79 Å². The van der Waals surface area contributed by atoms with Crippen molar-refractivity contribution in [3.8, 4) is 0 Å². The smallest absolute Gasteiger partial charge is 0.225 e. The molecule has 1 saturated heterocycles. The summed E-state index contributed by atoms with van der Waals surface area (Å²) in [4.78, 5) is 16.5. The van der Waals surface area contributed by atoms with Gasteiger partial charge in [-0.15, -0.1) is 0 Å². The minimum Gasteiger partial charge on any atom is -0.343 e. The molecule has 1 unspecified atom stereocenters. The number of piperazine rings is 1. The van der Waals surface area contributed by atoms with Gasteiger partial charge in [0.1, 0.15) is 5.82 Å². The maximum Gasteiger partial charge on any atom is 0.225 e. The number of halogens is 1. The molecular weight excluding hydrogens is 329 g/mol. The van der Waals surface area contributed by atoms with Gasteiger partial charge in [0, 0.05) is 56.8 Å². The fraction of sp³-hybridized carbons (Fsp3) is 0.667. The molecule has 0 spiro atoms. The molecule has 1 aliphatic heterocycles. The van der Waals surface area contributed by atoms with Crippen LogP contribution < -0.4 is 5.32 Å². The maximum atomic E-state index is 14.4. The zero-order chi connectivity index (χ0) is 18.9. The van der Waals surface area contributed by atoms with Crippen LogP contribution in [0.5, 0.6) is 0 Å². The summed E-state index contributed by atoms with van der Waals surface area (Å²) >= 11 is 0. The second-order valence-electron chi connectivity index (χ2n) is 7.39. The number of hydrogen-bond donors (Lipinski definition) is 1. The van der Waals surface area contributed by atoms with Crippen LogP contribution in [-0.4, -0.2) is 55.0 Å². The van der Waals surface area contributed by atoms with E-state index < -0.39 is 0 Å². The molecule has 0 aromatic heterocycles. The van der Waals surface area contributed by atoms with Gasteiger partial charge in [-0.3, -0.25) is 9.69 Å². The number of carbonyl (C=O) groups excluding carboxylic acids is 1. The number of rotatable bonds is 9. The van der Waals surface area contributed by atoms with Gasteiger partial charge in [-0.2, -0.15) is 0 Å². The molecule has 26 heavy (non-hydrogen) atoms. The van der Waals surface area contributed by atoms with Gasteiger partial charge in [0.25, 0.3) is 0 Å². The van der Waals surface area contributed by atoms with Gasteiger partial charge in [0.2, 0.25) is 5.91 Å². The maximum absolute atomic E-state index is 14.4. The second kappa shape index (κ2) is 10.6. The predicted octanol–water partition coefficient (Wildman–Crippen LogP) is 3.45. The molecule has 1 N–H and O–H groups in total. The summed E-state index contributed by atoms with van der Waals surface area (Å²) in [5.74, 6) is 0.156. The van der Waals surface area contributed by atoms with E-state index in [9.17, 15) is 9.18 Å². The normalized spacial score (nSPS) is 16.7. The Kier molecular flexibility index (Phi) is 8.52. The van der Waals surface area contributed by atoms with Crippen molar-refractivity contribution in [1.29, 1.82) is 0 Å². The molecular formula is C21H34FN3O. The van der Waals surface area contributed by atoms with Crippen molar-refractivity contribution in [2.24, 2.45) is 5.92 Å². The van der Waals surface area contributed by atoms with Crippen LogP contribution in [0.25, 0.3) is 0 Å². The van der Waals surface area contributed by atoms with Crippen molar-refractivity contribution in [2.75, 3.05) is 39.3 Å². The summed E-state index contributed by atoms with van der Waals surface area (Å²) in [5.41, 5.74) is 0.806. The van der Waals surface area contributed by atoms with Gasteiger partial charge in [-0.05, 0) is 32.3 Å². The monoisotopic (exact) mass is 363 g/mol. The lowest BCUT2D eigenvalue weighted by atomic mass is 9.98. The molecule has 0 radical (unpaired) electrons. The summed E-state index contributed by atoms with van der Waals surface area (Å²) < 4.78 is 14.4. The van der Waals surface area contributed by atoms with Gasteiger partial charge >= 0.3 is 0 Å². The van der Waals surface area contributed by atoms with Gasteiger partial charge in [-0.25, -0.2) is 4.39 Å². The van der Waals surface area contributed by atoms with E-state index in [1.54, 1.807) is 12.1 Å². The molecule has 1 amide bonds. The average molecular weight is 364 g/mol. The van der Waals surface area contributed by atoms with Crippen molar-refractivity contribution in [3.63, 3.8) is 0 Å². The Morgan fingerprint density at radius 2 is 1.92 bits per heavy atom. The molecule has 1 aliphatic rings. The summed E-state index contributed by atoms with van der Waals surface area (Å²) in [6, 6.07) is 7.28. The average Bonchev–Trinajstić information content (AvgIpc) is 2.66. The van der Waals surface area contributed by atoms with E-state index in [4.69, 9.17) is 0 Å². The Hall–Kier alpha value is -1.46. The fourth-order valence-electron chi connectivity index (χ4n) is 3.70. The number of nitrogens with zero attached hydrogens (tertiary/aromatic N) is 2. The zero-order valence-electron chi connectivity index (χ0n) is 16.5. The van der Waals surface area contributed by atoms with Gasteiger partial charge in [-0.1, -0.05) is 32.0 Å². The zero-order valence-corrected chi connectivity index (χ0v) is 16.5. The summed E-state index contributed by atoms with van der Waals surface area (Å²) in [5, 5.41) is 3.37. The molecule has 2 rings (SSSR count). The summed E-state index contributed by atoms with van der Waals surface area (Å²) in [6.07, 6.45) is 2.88. The third-order valence-corrected chi connectivity index (χ3v) is 5.20. The summed E-state index contributed by atoms with van der Waals surface area (Å²) in [7, 11) is 0. The molecule has 5 heteroatoms. The number of hydrogen-bond acceptors (Lipinski definition) is 3. The third kappa shape index (κ3) is 5.78. The van der Waals surface area contributed by atoms with E-state index in [2.05, 4.69) is 10.2 Å². The van der Waals surface area contributed by atoms with E-state index >= 15 is 0 Å². The Morgan fingerprint density at radius 3 is 2.54 bits per heavy atom. The molecule has 1 aromatic carbocycles. The molecule has 1 heterocycles. The molecule has 146 valence electrons. The number of unbranched alkanes of at least 4 members (excludes halogenated alkanes) is 1. The summed E-state index contributed by atoms with van der Waals surface area (Å²) in [6.45, 7) is 11.3. The van der Waals surface area contributed by atoms with Crippen molar-refractivity contribution >= 4 is 5.91 Å². The minimum atomic E-state index is -0.110. The van der Waals surface area contributed by atoms with Crippen LogP contribution >= 0.6 is 0 Å². The van der Waals surface area contributed by atoms with Crippen LogP contribution in [0.2, 0.25) is 0 Å². The molecule has 1 atom stereocenters. The highest BCUT2D eigenvalue weighted by molar-refractivity contribution is 5.78. The number of amides is 1. The molecule has 0 bridgehead atoms. The van der Waals surface area contributed by atoms with Crippen molar-refractivity contribution < 1.29 is 9.18 Å². The van der Waals surface area contributed by atoms with E-state index in [-0.39, 0.29) is 23.7 Å².